The third-order valence-corrected chi connectivity index (χ3v) is 3.58. The van der Waals surface area contributed by atoms with Gasteiger partial charge in [-0.1, -0.05) is 0 Å². The van der Waals surface area contributed by atoms with Crippen molar-refractivity contribution in [2.45, 2.75) is 0 Å². The first-order valence-electron chi connectivity index (χ1n) is 7.21. The molecule has 0 atom stereocenters. The molecule has 1 aliphatic heterocycles. The number of halogens is 2. The van der Waals surface area contributed by atoms with E-state index < -0.39 is 0 Å². The van der Waals surface area contributed by atoms with Gasteiger partial charge in [0.15, 0.2) is 0 Å². The fraction of sp³-hybridized carbons (Fsp3) is 0.250. The second-order valence-electron chi connectivity index (χ2n) is 5.10. The first-order valence-corrected chi connectivity index (χ1v) is 7.21. The van der Waals surface area contributed by atoms with Crippen LogP contribution in [-0.4, -0.2) is 37.1 Å². The maximum atomic E-state index is 12.8. The van der Waals surface area contributed by atoms with E-state index in [1.165, 1.54) is 24.3 Å². The van der Waals surface area contributed by atoms with E-state index in [0.717, 1.165) is 31.9 Å². The first-order chi connectivity index (χ1) is 10.7. The highest BCUT2D eigenvalue weighted by molar-refractivity contribution is 6.03. The van der Waals surface area contributed by atoms with E-state index in [2.05, 4.69) is 20.5 Å². The molecule has 1 aromatic heterocycles. The number of rotatable bonds is 3. The number of pyridine rings is 1. The standard InChI is InChI=1S/C16H17FN4O.ClH/c17-13-3-1-12(2-4-13)16(22)20-15-6-5-14(11-19-15)21-9-7-18-8-10-21;/h1-6,11,18H,7-10H2,(H,19,20,22);1H. The van der Waals surface area contributed by atoms with E-state index in [4.69, 9.17) is 0 Å². The molecule has 1 aliphatic rings. The van der Waals surface area contributed by atoms with Crippen LogP contribution in [0.1, 0.15) is 10.4 Å². The second kappa shape index (κ2) is 7.89. The minimum Gasteiger partial charge on any atom is -0.368 e. The number of amides is 1. The van der Waals surface area contributed by atoms with Crippen molar-refractivity contribution in [3.8, 4) is 0 Å². The van der Waals surface area contributed by atoms with Gasteiger partial charge >= 0.3 is 0 Å². The quantitative estimate of drug-likeness (QED) is 0.903. The van der Waals surface area contributed by atoms with Crippen LogP contribution in [0.25, 0.3) is 0 Å². The average Bonchev–Trinajstić information content (AvgIpc) is 2.57. The van der Waals surface area contributed by atoms with Gasteiger partial charge in [-0.3, -0.25) is 4.79 Å². The molecule has 0 spiro atoms. The van der Waals surface area contributed by atoms with Gasteiger partial charge in [0.05, 0.1) is 11.9 Å². The predicted octanol–water partition coefficient (Wildman–Crippen LogP) is 2.30. The highest BCUT2D eigenvalue weighted by atomic mass is 35.5. The number of hydrogen-bond acceptors (Lipinski definition) is 4. The molecular weight excluding hydrogens is 319 g/mol. The van der Waals surface area contributed by atoms with Crippen LogP contribution < -0.4 is 15.5 Å². The number of carbonyl (C=O) groups excluding carboxylic acids is 1. The number of aromatic nitrogens is 1. The molecule has 1 amide bonds. The van der Waals surface area contributed by atoms with Crippen molar-refractivity contribution < 1.29 is 9.18 Å². The van der Waals surface area contributed by atoms with Gasteiger partial charge in [-0.25, -0.2) is 9.37 Å². The van der Waals surface area contributed by atoms with Crippen molar-refractivity contribution in [3.05, 3.63) is 54.0 Å². The minimum atomic E-state index is -0.366. The van der Waals surface area contributed by atoms with E-state index in [0.29, 0.717) is 11.4 Å². The van der Waals surface area contributed by atoms with E-state index in [1.54, 1.807) is 12.3 Å². The van der Waals surface area contributed by atoms with E-state index >= 15 is 0 Å². The number of hydrogen-bond donors (Lipinski definition) is 2. The van der Waals surface area contributed by atoms with Crippen LogP contribution in [0, 0.1) is 5.82 Å². The molecule has 1 fully saturated rings. The van der Waals surface area contributed by atoms with Gasteiger partial charge in [0.2, 0.25) is 0 Å². The Balaban J connectivity index is 0.00000192. The summed E-state index contributed by atoms with van der Waals surface area (Å²) in [6.07, 6.45) is 1.76. The molecule has 1 aromatic carbocycles. The molecule has 2 N–H and O–H groups in total. The molecule has 23 heavy (non-hydrogen) atoms. The largest absolute Gasteiger partial charge is 0.368 e. The maximum absolute atomic E-state index is 12.8. The Morgan fingerprint density at radius 2 is 1.83 bits per heavy atom. The number of nitrogens with one attached hydrogen (secondary N) is 2. The molecule has 1 saturated heterocycles. The van der Waals surface area contributed by atoms with Gasteiger partial charge in [0.25, 0.3) is 5.91 Å². The number of piperazine rings is 1. The summed E-state index contributed by atoms with van der Waals surface area (Å²) in [5, 5.41) is 6.00. The Bertz CT molecular complexity index is 642. The first kappa shape index (κ1) is 17.2. The molecule has 2 aromatic rings. The van der Waals surface area contributed by atoms with Crippen LogP contribution in [0.2, 0.25) is 0 Å². The highest BCUT2D eigenvalue weighted by Gasteiger charge is 2.11. The van der Waals surface area contributed by atoms with Crippen molar-refractivity contribution in [1.29, 1.82) is 0 Å². The van der Waals surface area contributed by atoms with Crippen LogP contribution in [0.15, 0.2) is 42.6 Å². The Morgan fingerprint density at radius 1 is 1.13 bits per heavy atom. The second-order valence-corrected chi connectivity index (χ2v) is 5.10. The molecule has 7 heteroatoms. The lowest BCUT2D eigenvalue weighted by Crippen LogP contribution is -2.43. The molecule has 0 radical (unpaired) electrons. The zero-order valence-corrected chi connectivity index (χ0v) is 13.3. The zero-order valence-electron chi connectivity index (χ0n) is 12.5. The summed E-state index contributed by atoms with van der Waals surface area (Å²) in [6, 6.07) is 9.13. The van der Waals surface area contributed by atoms with Crippen molar-refractivity contribution in [2.24, 2.45) is 0 Å². The van der Waals surface area contributed by atoms with E-state index in [1.807, 2.05) is 6.07 Å². The summed E-state index contributed by atoms with van der Waals surface area (Å²) in [7, 11) is 0. The van der Waals surface area contributed by atoms with E-state index in [9.17, 15) is 9.18 Å². The Labute approximate surface area is 140 Å². The maximum Gasteiger partial charge on any atom is 0.256 e. The lowest BCUT2D eigenvalue weighted by molar-refractivity contribution is 0.102. The molecule has 0 unspecified atom stereocenters. The molecule has 3 rings (SSSR count). The fourth-order valence-corrected chi connectivity index (χ4v) is 2.36. The predicted molar refractivity (Wildman–Crippen MR) is 90.9 cm³/mol. The molecule has 0 bridgehead atoms. The van der Waals surface area contributed by atoms with Crippen LogP contribution in [0.5, 0.6) is 0 Å². The zero-order chi connectivity index (χ0) is 15.4. The number of carbonyl (C=O) groups is 1. The topological polar surface area (TPSA) is 57.3 Å². The Kier molecular flexibility index (Phi) is 5.90. The fourth-order valence-electron chi connectivity index (χ4n) is 2.36. The lowest BCUT2D eigenvalue weighted by Gasteiger charge is -2.29. The van der Waals surface area contributed by atoms with E-state index in [-0.39, 0.29) is 24.1 Å². The minimum absolute atomic E-state index is 0. The number of nitrogens with zero attached hydrogens (tertiary/aromatic N) is 2. The van der Waals surface area contributed by atoms with Gasteiger partial charge in [0, 0.05) is 31.7 Å². The Hall–Kier alpha value is -2.18. The smallest absolute Gasteiger partial charge is 0.256 e. The van der Waals surface area contributed by atoms with Gasteiger partial charge in [-0.2, -0.15) is 0 Å². The third-order valence-electron chi connectivity index (χ3n) is 3.58. The van der Waals surface area contributed by atoms with Crippen molar-refractivity contribution in [2.75, 3.05) is 36.4 Å². The SMILES string of the molecule is Cl.O=C(Nc1ccc(N2CCNCC2)cn1)c1ccc(F)cc1. The molecular formula is C16H18ClFN4O. The van der Waals surface area contributed by atoms with Gasteiger partial charge in [0.1, 0.15) is 11.6 Å². The number of anilines is 2. The molecule has 0 saturated carbocycles. The van der Waals surface area contributed by atoms with Gasteiger partial charge in [-0.15, -0.1) is 12.4 Å². The average molecular weight is 337 g/mol. The normalized spacial score (nSPS) is 14.0. The van der Waals surface area contributed by atoms with Gasteiger partial charge < -0.3 is 15.5 Å². The summed E-state index contributed by atoms with van der Waals surface area (Å²) in [5.74, 6) is -0.189. The van der Waals surface area contributed by atoms with Crippen LogP contribution in [-0.2, 0) is 0 Å². The molecule has 0 aliphatic carbocycles. The Morgan fingerprint density at radius 3 is 2.43 bits per heavy atom. The lowest BCUT2D eigenvalue weighted by atomic mass is 10.2. The van der Waals surface area contributed by atoms with Gasteiger partial charge in [-0.05, 0) is 36.4 Å². The summed E-state index contributed by atoms with van der Waals surface area (Å²) in [4.78, 5) is 18.5. The number of benzene rings is 1. The highest BCUT2D eigenvalue weighted by Crippen LogP contribution is 2.16. The van der Waals surface area contributed by atoms with Crippen molar-refractivity contribution >= 4 is 29.8 Å². The molecule has 5 nitrogen and oxygen atoms in total. The van der Waals surface area contributed by atoms with Crippen LogP contribution >= 0.6 is 12.4 Å². The monoisotopic (exact) mass is 336 g/mol. The summed E-state index contributed by atoms with van der Waals surface area (Å²) >= 11 is 0. The van der Waals surface area contributed by atoms with Crippen molar-refractivity contribution in [1.82, 2.24) is 10.3 Å². The molecule has 2 heterocycles. The summed E-state index contributed by atoms with van der Waals surface area (Å²) in [6.45, 7) is 3.82. The van der Waals surface area contributed by atoms with Crippen LogP contribution in [0.3, 0.4) is 0 Å². The van der Waals surface area contributed by atoms with Crippen LogP contribution in [0.4, 0.5) is 15.9 Å². The third kappa shape index (κ3) is 4.40. The van der Waals surface area contributed by atoms with Crippen molar-refractivity contribution in [3.63, 3.8) is 0 Å². The summed E-state index contributed by atoms with van der Waals surface area (Å²) < 4.78 is 12.8. The molecule has 122 valence electrons. The summed E-state index contributed by atoms with van der Waals surface area (Å²) in [5.41, 5.74) is 1.44.